The highest BCUT2D eigenvalue weighted by molar-refractivity contribution is 7.99. The number of nitrogens with one attached hydrogen (secondary N) is 1. The molecular formula is C11H21NOS. The van der Waals surface area contributed by atoms with E-state index in [1.807, 2.05) is 0 Å². The number of ether oxygens (including phenoxy) is 1. The second-order valence-corrected chi connectivity index (χ2v) is 5.69. The number of thioether (sulfide) groups is 1. The van der Waals surface area contributed by atoms with E-state index in [4.69, 9.17) is 4.74 Å². The molecule has 2 aliphatic heterocycles. The Morgan fingerprint density at radius 1 is 1.21 bits per heavy atom. The van der Waals surface area contributed by atoms with Crippen molar-refractivity contribution in [3.8, 4) is 0 Å². The van der Waals surface area contributed by atoms with Crippen LogP contribution in [0, 0.1) is 5.92 Å². The van der Waals surface area contributed by atoms with Crippen LogP contribution in [0.15, 0.2) is 0 Å². The summed E-state index contributed by atoms with van der Waals surface area (Å²) >= 11 is 2.18. The largest absolute Gasteiger partial charge is 0.381 e. The van der Waals surface area contributed by atoms with Gasteiger partial charge in [0.05, 0.1) is 0 Å². The van der Waals surface area contributed by atoms with Crippen LogP contribution in [-0.4, -0.2) is 37.3 Å². The minimum absolute atomic E-state index is 0.880. The molecule has 2 saturated heterocycles. The topological polar surface area (TPSA) is 21.3 Å². The highest BCUT2D eigenvalue weighted by atomic mass is 32.2. The first kappa shape index (κ1) is 10.8. The average molecular weight is 215 g/mol. The van der Waals surface area contributed by atoms with Gasteiger partial charge >= 0.3 is 0 Å². The van der Waals surface area contributed by atoms with E-state index in [2.05, 4.69) is 17.1 Å². The van der Waals surface area contributed by atoms with Gasteiger partial charge in [0.1, 0.15) is 0 Å². The van der Waals surface area contributed by atoms with Crippen LogP contribution in [0.5, 0.6) is 0 Å². The van der Waals surface area contributed by atoms with E-state index in [-0.39, 0.29) is 0 Å². The van der Waals surface area contributed by atoms with Crippen LogP contribution >= 0.6 is 11.8 Å². The molecule has 3 heteroatoms. The van der Waals surface area contributed by atoms with Crippen LogP contribution in [0.1, 0.15) is 25.7 Å². The van der Waals surface area contributed by atoms with E-state index < -0.39 is 0 Å². The van der Waals surface area contributed by atoms with Crippen molar-refractivity contribution < 1.29 is 4.74 Å². The zero-order chi connectivity index (χ0) is 9.64. The predicted molar refractivity (Wildman–Crippen MR) is 61.9 cm³/mol. The van der Waals surface area contributed by atoms with Crippen LogP contribution < -0.4 is 5.32 Å². The maximum atomic E-state index is 5.37. The fourth-order valence-electron chi connectivity index (χ4n) is 2.18. The first-order valence-corrected chi connectivity index (χ1v) is 6.90. The summed E-state index contributed by atoms with van der Waals surface area (Å²) in [5, 5.41) is 4.36. The van der Waals surface area contributed by atoms with Crippen molar-refractivity contribution >= 4 is 11.8 Å². The number of rotatable bonds is 3. The summed E-state index contributed by atoms with van der Waals surface area (Å²) in [6.45, 7) is 4.45. The first-order valence-electron chi connectivity index (χ1n) is 5.85. The first-order chi connectivity index (χ1) is 6.95. The van der Waals surface area contributed by atoms with Crippen molar-refractivity contribution in [2.24, 2.45) is 5.92 Å². The second kappa shape index (κ2) is 5.99. The van der Waals surface area contributed by atoms with Gasteiger partial charge < -0.3 is 10.1 Å². The zero-order valence-electron chi connectivity index (χ0n) is 8.84. The Hall–Kier alpha value is 0.270. The predicted octanol–water partition coefficient (Wildman–Crippen LogP) is 1.90. The van der Waals surface area contributed by atoms with Crippen molar-refractivity contribution in [3.05, 3.63) is 0 Å². The molecule has 0 aromatic carbocycles. The molecule has 14 heavy (non-hydrogen) atoms. The van der Waals surface area contributed by atoms with Gasteiger partial charge in [-0.3, -0.25) is 0 Å². The normalized spacial score (nSPS) is 30.4. The molecule has 2 fully saturated rings. The molecule has 2 rings (SSSR count). The number of piperidine rings is 1. The molecule has 0 aromatic heterocycles. The summed E-state index contributed by atoms with van der Waals surface area (Å²) in [5.74, 6) is 2.29. The van der Waals surface area contributed by atoms with Gasteiger partial charge in [-0.25, -0.2) is 0 Å². The Morgan fingerprint density at radius 3 is 2.79 bits per heavy atom. The summed E-state index contributed by atoms with van der Waals surface area (Å²) in [4.78, 5) is 0. The third kappa shape index (κ3) is 3.44. The molecule has 1 atom stereocenters. The fraction of sp³-hybridized carbons (Fsp3) is 1.00. The summed E-state index contributed by atoms with van der Waals surface area (Å²) in [7, 11) is 0. The van der Waals surface area contributed by atoms with Gasteiger partial charge in [0.15, 0.2) is 0 Å². The smallest absolute Gasteiger partial charge is 0.0476 e. The van der Waals surface area contributed by atoms with E-state index in [9.17, 15) is 0 Å². The number of hydrogen-bond donors (Lipinski definition) is 1. The quantitative estimate of drug-likeness (QED) is 0.777. The molecule has 0 radical (unpaired) electrons. The van der Waals surface area contributed by atoms with Crippen molar-refractivity contribution in [3.63, 3.8) is 0 Å². The Balaban J connectivity index is 1.60. The van der Waals surface area contributed by atoms with Crippen molar-refractivity contribution in [2.45, 2.75) is 30.9 Å². The van der Waals surface area contributed by atoms with Gasteiger partial charge in [-0.15, -0.1) is 0 Å². The van der Waals surface area contributed by atoms with Gasteiger partial charge in [-0.05, 0) is 50.4 Å². The molecule has 2 nitrogen and oxygen atoms in total. The summed E-state index contributed by atoms with van der Waals surface area (Å²) in [5.41, 5.74) is 0. The van der Waals surface area contributed by atoms with Gasteiger partial charge in [-0.2, -0.15) is 11.8 Å². The van der Waals surface area contributed by atoms with Crippen LogP contribution in [0.4, 0.5) is 0 Å². The molecule has 0 saturated carbocycles. The summed E-state index contributed by atoms with van der Waals surface area (Å²) in [6, 6.07) is 0. The molecule has 0 spiro atoms. The molecular weight excluding hydrogens is 194 g/mol. The lowest BCUT2D eigenvalue weighted by molar-refractivity contribution is 0.1000. The molecule has 0 aliphatic carbocycles. The molecule has 1 N–H and O–H groups in total. The Morgan fingerprint density at radius 2 is 2.07 bits per heavy atom. The van der Waals surface area contributed by atoms with E-state index >= 15 is 0 Å². The molecule has 1 unspecified atom stereocenters. The van der Waals surface area contributed by atoms with Crippen molar-refractivity contribution in [1.82, 2.24) is 5.32 Å². The van der Waals surface area contributed by atoms with E-state index in [0.29, 0.717) is 0 Å². The standard InChI is InChI=1S/C11H21NOS/c1-2-10(8-12-5-1)9-14-11-3-6-13-7-4-11/h10-12H,1-9H2. The average Bonchev–Trinajstić information content (AvgIpc) is 2.29. The molecule has 2 aliphatic rings. The second-order valence-electron chi connectivity index (χ2n) is 4.36. The summed E-state index contributed by atoms with van der Waals surface area (Å²) < 4.78 is 5.37. The Labute approximate surface area is 91.2 Å². The SMILES string of the molecule is C1CNCC(CSC2CCOCC2)C1. The van der Waals surface area contributed by atoms with E-state index in [1.165, 1.54) is 44.5 Å². The lowest BCUT2D eigenvalue weighted by Gasteiger charge is -2.26. The lowest BCUT2D eigenvalue weighted by atomic mass is 10.0. The minimum atomic E-state index is 0.880. The van der Waals surface area contributed by atoms with Crippen LogP contribution in [0.2, 0.25) is 0 Å². The lowest BCUT2D eigenvalue weighted by Crippen LogP contribution is -2.31. The molecule has 0 bridgehead atoms. The van der Waals surface area contributed by atoms with Crippen molar-refractivity contribution in [1.29, 1.82) is 0 Å². The third-order valence-electron chi connectivity index (χ3n) is 3.13. The van der Waals surface area contributed by atoms with E-state index in [1.54, 1.807) is 0 Å². The van der Waals surface area contributed by atoms with Crippen LogP contribution in [-0.2, 0) is 4.74 Å². The van der Waals surface area contributed by atoms with E-state index in [0.717, 1.165) is 24.4 Å². The molecule has 0 amide bonds. The monoisotopic (exact) mass is 215 g/mol. The Bertz CT molecular complexity index is 135. The van der Waals surface area contributed by atoms with Crippen LogP contribution in [0.25, 0.3) is 0 Å². The molecule has 0 aromatic rings. The maximum Gasteiger partial charge on any atom is 0.0476 e. The molecule has 82 valence electrons. The van der Waals surface area contributed by atoms with Gasteiger partial charge in [0, 0.05) is 18.5 Å². The minimum Gasteiger partial charge on any atom is -0.381 e. The highest BCUT2D eigenvalue weighted by Gasteiger charge is 2.18. The number of hydrogen-bond acceptors (Lipinski definition) is 3. The van der Waals surface area contributed by atoms with Crippen molar-refractivity contribution in [2.75, 3.05) is 32.1 Å². The third-order valence-corrected chi connectivity index (χ3v) is 4.74. The Kier molecular flexibility index (Phi) is 4.61. The van der Waals surface area contributed by atoms with Gasteiger partial charge in [0.25, 0.3) is 0 Å². The fourth-order valence-corrected chi connectivity index (χ4v) is 3.54. The zero-order valence-corrected chi connectivity index (χ0v) is 9.65. The van der Waals surface area contributed by atoms with Crippen LogP contribution in [0.3, 0.4) is 0 Å². The summed E-state index contributed by atoms with van der Waals surface area (Å²) in [6.07, 6.45) is 5.35. The van der Waals surface area contributed by atoms with Gasteiger partial charge in [0.2, 0.25) is 0 Å². The van der Waals surface area contributed by atoms with Gasteiger partial charge in [-0.1, -0.05) is 0 Å². The molecule has 2 heterocycles. The maximum absolute atomic E-state index is 5.37. The highest BCUT2D eigenvalue weighted by Crippen LogP contribution is 2.25.